The van der Waals surface area contributed by atoms with Crippen LogP contribution in [0.5, 0.6) is 0 Å². The first kappa shape index (κ1) is 29.1. The monoisotopic (exact) mass is 440 g/mol. The fourth-order valence-electron chi connectivity index (χ4n) is 0.882. The fourth-order valence-corrected chi connectivity index (χ4v) is 0.882. The van der Waals surface area contributed by atoms with Crippen LogP contribution in [0.2, 0.25) is 0 Å². The normalized spacial score (nSPS) is 10.9. The van der Waals surface area contributed by atoms with Gasteiger partial charge in [0.2, 0.25) is 0 Å². The Hall–Kier alpha value is -0.993. The third-order valence-corrected chi connectivity index (χ3v) is 1.24. The topological polar surface area (TPSA) is 112 Å². The molecule has 22 heavy (non-hydrogen) atoms. The van der Waals surface area contributed by atoms with Gasteiger partial charge in [0.05, 0.1) is 17.3 Å². The average Bonchev–Trinajstić information content (AvgIpc) is 2.10. The van der Waals surface area contributed by atoms with Crippen molar-refractivity contribution in [1.29, 1.82) is 0 Å². The third kappa shape index (κ3) is 50.9. The minimum absolute atomic E-state index is 0. The van der Waals surface area contributed by atoms with Gasteiger partial charge in [0.1, 0.15) is 0 Å². The van der Waals surface area contributed by atoms with Crippen LogP contribution in [-0.2, 0) is 14.4 Å². The van der Waals surface area contributed by atoms with Gasteiger partial charge in [-0.1, -0.05) is 0 Å². The first-order valence-electron chi connectivity index (χ1n) is 6.02. The maximum atomic E-state index is 10.0. The van der Waals surface area contributed by atoms with Gasteiger partial charge in [0.25, 0.3) is 0 Å². The molecule has 0 unspecified atom stereocenters. The number of aliphatic hydroxyl groups excluding tert-OH is 3. The fraction of sp³-hybridized carbons (Fsp3) is 0.400. The predicted molar refractivity (Wildman–Crippen MR) is 81.2 cm³/mol. The molecule has 0 aromatic heterocycles. The largest absolute Gasteiger partial charge is 0.512 e. The molecule has 124 valence electrons. The predicted octanol–water partition coefficient (Wildman–Crippen LogP) is 3.11. The van der Waals surface area contributed by atoms with E-state index in [9.17, 15) is 14.4 Å². The van der Waals surface area contributed by atoms with Gasteiger partial charge in [-0.05, 0) is 41.5 Å². The summed E-state index contributed by atoms with van der Waals surface area (Å²) < 4.78 is 0. The molecule has 3 N–H and O–H groups in total. The number of hydrogen-bond donors (Lipinski definition) is 3. The van der Waals surface area contributed by atoms with Crippen molar-refractivity contribution in [2.75, 3.05) is 0 Å². The number of aliphatic hydroxyl groups is 3. The van der Waals surface area contributed by atoms with Gasteiger partial charge >= 0.3 is 0 Å². The van der Waals surface area contributed by atoms with Crippen LogP contribution < -0.4 is 0 Å². The second kappa shape index (κ2) is 18.1. The van der Waals surface area contributed by atoms with Crippen LogP contribution >= 0.6 is 0 Å². The zero-order chi connectivity index (χ0) is 17.6. The summed E-state index contributed by atoms with van der Waals surface area (Å²) in [5.41, 5.74) is 0. The van der Waals surface area contributed by atoms with E-state index in [1.165, 1.54) is 59.8 Å². The summed E-state index contributed by atoms with van der Waals surface area (Å²) in [7, 11) is 0. The molecule has 0 aromatic carbocycles. The molecule has 0 aliphatic rings. The van der Waals surface area contributed by atoms with Gasteiger partial charge in [0, 0.05) is 60.0 Å². The summed E-state index contributed by atoms with van der Waals surface area (Å²) >= 11 is 0. The molecule has 6 nitrogen and oxygen atoms in total. The van der Waals surface area contributed by atoms with Crippen molar-refractivity contribution in [1.82, 2.24) is 0 Å². The Labute approximate surface area is 165 Å². The maximum Gasteiger partial charge on any atom is 0.155 e. The molecule has 0 aliphatic carbocycles. The summed E-state index contributed by atoms with van der Waals surface area (Å²) in [5, 5.41) is 25.1. The average molecular weight is 440 g/mol. The number of ketones is 3. The molecule has 0 aromatic rings. The molecule has 0 rings (SSSR count). The number of allylic oxidation sites excluding steroid dienone is 6. The second-order valence-corrected chi connectivity index (χ2v) is 4.19. The van der Waals surface area contributed by atoms with E-state index in [1.54, 1.807) is 0 Å². The molecule has 0 bridgehead atoms. The third-order valence-electron chi connectivity index (χ3n) is 1.24. The van der Waals surface area contributed by atoms with Crippen molar-refractivity contribution in [3.8, 4) is 0 Å². The Morgan fingerprint density at radius 1 is 0.545 bits per heavy atom. The minimum atomic E-state index is -0.125. The van der Waals surface area contributed by atoms with Crippen LogP contribution in [0, 0.1) is 41.7 Å². The van der Waals surface area contributed by atoms with Crippen LogP contribution in [-0.4, -0.2) is 32.7 Å². The van der Waals surface area contributed by atoms with E-state index < -0.39 is 0 Å². The Balaban J connectivity index is -0.000000108. The molecule has 0 saturated heterocycles. The van der Waals surface area contributed by atoms with Crippen molar-refractivity contribution in [3.05, 3.63) is 35.5 Å². The first-order valence-corrected chi connectivity index (χ1v) is 6.02. The molecule has 0 fully saturated rings. The minimum Gasteiger partial charge on any atom is -0.512 e. The molecular formula is C15H24CeO6. The Bertz CT molecular complexity index is 368. The zero-order valence-electron chi connectivity index (χ0n) is 13.8. The molecule has 0 radical (unpaired) electrons. The summed E-state index contributed by atoms with van der Waals surface area (Å²) in [5.74, 6) is -0.187. The van der Waals surface area contributed by atoms with Crippen molar-refractivity contribution >= 4 is 17.3 Å². The van der Waals surface area contributed by atoms with E-state index >= 15 is 0 Å². The number of carbonyl (C=O) groups is 3. The summed E-state index contributed by atoms with van der Waals surface area (Å²) in [4.78, 5) is 30.1. The molecule has 0 spiro atoms. The molecule has 0 atom stereocenters. The van der Waals surface area contributed by atoms with Crippen molar-refractivity contribution < 1.29 is 71.5 Å². The molecule has 7 heteroatoms. The van der Waals surface area contributed by atoms with Gasteiger partial charge in [0.15, 0.2) is 17.3 Å². The second-order valence-electron chi connectivity index (χ2n) is 4.19. The van der Waals surface area contributed by atoms with Crippen molar-refractivity contribution in [3.63, 3.8) is 0 Å². The standard InChI is InChI=1S/3C5H8O2.Ce/c3*1-4(6)3-5(2)7;/h3*3,6H,1-2H3;. The Kier molecular flexibility index (Phi) is 23.9. The van der Waals surface area contributed by atoms with Crippen LogP contribution in [0.3, 0.4) is 0 Å². The smallest absolute Gasteiger partial charge is 0.155 e. The number of hydrogen-bond acceptors (Lipinski definition) is 6. The molecule has 0 heterocycles. The first-order chi connectivity index (χ1) is 9.38. The van der Waals surface area contributed by atoms with Crippen LogP contribution in [0.4, 0.5) is 0 Å². The van der Waals surface area contributed by atoms with Gasteiger partial charge in [-0.25, -0.2) is 0 Å². The van der Waals surface area contributed by atoms with E-state index in [-0.39, 0.29) is 76.4 Å². The van der Waals surface area contributed by atoms with Gasteiger partial charge in [-0.2, -0.15) is 0 Å². The molecule has 0 saturated carbocycles. The van der Waals surface area contributed by atoms with E-state index in [0.717, 1.165) is 0 Å². The van der Waals surface area contributed by atoms with Crippen molar-refractivity contribution in [2.45, 2.75) is 41.5 Å². The number of rotatable bonds is 3. The van der Waals surface area contributed by atoms with Gasteiger partial charge in [-0.15, -0.1) is 0 Å². The molecule has 0 aliphatic heterocycles. The summed E-state index contributed by atoms with van der Waals surface area (Å²) in [6.07, 6.45) is 3.50. The number of carbonyl (C=O) groups excluding carboxylic acids is 3. The van der Waals surface area contributed by atoms with Gasteiger partial charge in [-0.3, -0.25) is 14.4 Å². The van der Waals surface area contributed by atoms with E-state index in [4.69, 9.17) is 15.3 Å². The molecular weight excluding hydrogens is 416 g/mol. The van der Waals surface area contributed by atoms with Crippen LogP contribution in [0.1, 0.15) is 41.5 Å². The van der Waals surface area contributed by atoms with E-state index in [2.05, 4.69) is 0 Å². The molecule has 0 amide bonds. The Morgan fingerprint density at radius 2 is 0.682 bits per heavy atom. The van der Waals surface area contributed by atoms with E-state index in [1.807, 2.05) is 0 Å². The van der Waals surface area contributed by atoms with Crippen molar-refractivity contribution in [2.24, 2.45) is 0 Å². The van der Waals surface area contributed by atoms with Gasteiger partial charge < -0.3 is 15.3 Å². The summed E-state index contributed by atoms with van der Waals surface area (Å²) in [6, 6.07) is 0. The zero-order valence-corrected chi connectivity index (χ0v) is 16.9. The SMILES string of the molecule is CC(=O)C=C(C)O.CC(=O)C=C(C)O.CC(=O)C=C(C)O.[Ce]. The van der Waals surface area contributed by atoms with E-state index in [0.29, 0.717) is 0 Å². The quantitative estimate of drug-likeness (QED) is 0.459. The van der Waals surface area contributed by atoms with Crippen LogP contribution in [0.15, 0.2) is 35.5 Å². The van der Waals surface area contributed by atoms with Crippen LogP contribution in [0.25, 0.3) is 0 Å². The summed E-state index contributed by atoms with van der Waals surface area (Å²) in [6.45, 7) is 8.54. The maximum absolute atomic E-state index is 10.0. The Morgan fingerprint density at radius 3 is 0.682 bits per heavy atom.